The van der Waals surface area contributed by atoms with Crippen molar-refractivity contribution in [3.63, 3.8) is 0 Å². The number of amides is 1. The molecule has 1 aliphatic rings. The number of para-hydroxylation sites is 1. The topological polar surface area (TPSA) is 134 Å². The van der Waals surface area contributed by atoms with Crippen molar-refractivity contribution >= 4 is 23.5 Å². The Labute approximate surface area is 146 Å². The van der Waals surface area contributed by atoms with Gasteiger partial charge in [0.05, 0.1) is 0 Å². The molecular weight excluding hydrogens is 322 g/mol. The fourth-order valence-corrected chi connectivity index (χ4v) is 3.00. The number of aliphatic imine (C=N–C) groups is 1. The van der Waals surface area contributed by atoms with E-state index in [1.807, 2.05) is 35.2 Å². The van der Waals surface area contributed by atoms with Crippen molar-refractivity contribution in [2.75, 3.05) is 18.0 Å². The second-order valence-electron chi connectivity index (χ2n) is 6.04. The van der Waals surface area contributed by atoms with Gasteiger partial charge >= 0.3 is 5.97 Å². The van der Waals surface area contributed by atoms with E-state index in [1.165, 1.54) is 0 Å². The minimum atomic E-state index is -1.05. The van der Waals surface area contributed by atoms with Crippen LogP contribution in [0.1, 0.15) is 25.7 Å². The third-order valence-electron chi connectivity index (χ3n) is 4.20. The Hall–Kier alpha value is -2.77. The number of carboxylic acid groups (broad SMARTS) is 1. The summed E-state index contributed by atoms with van der Waals surface area (Å²) in [7, 11) is 0. The second kappa shape index (κ2) is 8.91. The number of aliphatic carboxylic acids is 1. The molecule has 1 aromatic carbocycles. The van der Waals surface area contributed by atoms with Gasteiger partial charge in [0.1, 0.15) is 12.1 Å². The highest BCUT2D eigenvalue weighted by atomic mass is 16.4. The molecule has 0 radical (unpaired) electrons. The number of hydrogen-bond donors (Lipinski definition) is 4. The molecule has 1 fully saturated rings. The number of carbonyl (C=O) groups is 2. The van der Waals surface area contributed by atoms with Gasteiger partial charge in [-0.2, -0.15) is 0 Å². The number of guanidine groups is 1. The number of nitrogens with two attached hydrogens (primary N) is 2. The molecule has 0 saturated carbocycles. The molecule has 6 N–H and O–H groups in total. The van der Waals surface area contributed by atoms with Gasteiger partial charge in [0.15, 0.2) is 5.96 Å². The number of benzene rings is 1. The molecule has 1 amide bonds. The molecule has 0 unspecified atom stereocenters. The Morgan fingerprint density at radius 2 is 2.04 bits per heavy atom. The maximum absolute atomic E-state index is 12.6. The zero-order valence-corrected chi connectivity index (χ0v) is 14.1. The van der Waals surface area contributed by atoms with E-state index >= 15 is 0 Å². The number of rotatable bonds is 8. The lowest BCUT2D eigenvalue weighted by atomic mass is 10.1. The van der Waals surface area contributed by atoms with Crippen LogP contribution in [-0.2, 0) is 9.59 Å². The quantitative estimate of drug-likeness (QED) is 0.303. The van der Waals surface area contributed by atoms with Crippen molar-refractivity contribution in [1.29, 1.82) is 0 Å². The van der Waals surface area contributed by atoms with Crippen LogP contribution >= 0.6 is 0 Å². The van der Waals surface area contributed by atoms with Crippen molar-refractivity contribution in [2.45, 2.75) is 37.8 Å². The first-order chi connectivity index (χ1) is 12.0. The molecule has 1 aliphatic heterocycles. The van der Waals surface area contributed by atoms with E-state index in [4.69, 9.17) is 11.5 Å². The maximum atomic E-state index is 12.6. The summed E-state index contributed by atoms with van der Waals surface area (Å²) in [5.74, 6) is -1.33. The summed E-state index contributed by atoms with van der Waals surface area (Å²) in [5.41, 5.74) is 11.5. The van der Waals surface area contributed by atoms with Crippen molar-refractivity contribution in [3.8, 4) is 0 Å². The summed E-state index contributed by atoms with van der Waals surface area (Å²) in [6.45, 7) is 1.12. The summed E-state index contributed by atoms with van der Waals surface area (Å²) >= 11 is 0. The smallest absolute Gasteiger partial charge is 0.326 e. The first-order valence-electron chi connectivity index (χ1n) is 8.39. The van der Waals surface area contributed by atoms with Crippen LogP contribution in [0.3, 0.4) is 0 Å². The highest BCUT2D eigenvalue weighted by molar-refractivity contribution is 5.89. The highest BCUT2D eigenvalue weighted by Gasteiger charge is 2.33. The summed E-state index contributed by atoms with van der Waals surface area (Å²) in [6, 6.07) is 8.39. The fourth-order valence-electron chi connectivity index (χ4n) is 3.00. The van der Waals surface area contributed by atoms with Gasteiger partial charge in [-0.1, -0.05) is 18.2 Å². The van der Waals surface area contributed by atoms with Gasteiger partial charge in [-0.3, -0.25) is 9.79 Å². The first kappa shape index (κ1) is 18.6. The van der Waals surface area contributed by atoms with E-state index in [9.17, 15) is 14.7 Å². The third-order valence-corrected chi connectivity index (χ3v) is 4.20. The number of hydrogen-bond acceptors (Lipinski definition) is 4. The Morgan fingerprint density at radius 3 is 2.68 bits per heavy atom. The predicted molar refractivity (Wildman–Crippen MR) is 96.3 cm³/mol. The Kier molecular flexibility index (Phi) is 6.62. The molecule has 1 saturated heterocycles. The van der Waals surface area contributed by atoms with Crippen molar-refractivity contribution in [2.24, 2.45) is 16.5 Å². The zero-order chi connectivity index (χ0) is 18.2. The van der Waals surface area contributed by atoms with Crippen LogP contribution in [0, 0.1) is 0 Å². The lowest BCUT2D eigenvalue weighted by molar-refractivity contribution is -0.142. The maximum Gasteiger partial charge on any atom is 0.326 e. The van der Waals surface area contributed by atoms with E-state index in [1.54, 1.807) is 0 Å². The van der Waals surface area contributed by atoms with Crippen LogP contribution in [0.15, 0.2) is 35.3 Å². The monoisotopic (exact) mass is 347 g/mol. The van der Waals surface area contributed by atoms with Gasteiger partial charge < -0.3 is 26.8 Å². The molecule has 8 nitrogen and oxygen atoms in total. The summed E-state index contributed by atoms with van der Waals surface area (Å²) in [4.78, 5) is 29.9. The van der Waals surface area contributed by atoms with Crippen LogP contribution in [0.2, 0.25) is 0 Å². The molecule has 136 valence electrons. The third kappa shape index (κ3) is 5.37. The summed E-state index contributed by atoms with van der Waals surface area (Å²) in [6.07, 6.45) is 2.36. The Bertz CT molecular complexity index is 616. The molecule has 1 aromatic rings. The van der Waals surface area contributed by atoms with E-state index in [0.29, 0.717) is 19.4 Å². The molecule has 0 aromatic heterocycles. The first-order valence-corrected chi connectivity index (χ1v) is 8.39. The fraction of sp³-hybridized carbons (Fsp3) is 0.471. The van der Waals surface area contributed by atoms with Gasteiger partial charge in [0.2, 0.25) is 5.91 Å². The molecular formula is C17H25N5O3. The second-order valence-corrected chi connectivity index (χ2v) is 6.04. The number of nitrogens with one attached hydrogen (secondary N) is 1. The Morgan fingerprint density at radius 1 is 1.32 bits per heavy atom. The van der Waals surface area contributed by atoms with Gasteiger partial charge in [-0.25, -0.2) is 4.79 Å². The van der Waals surface area contributed by atoms with Gasteiger partial charge in [0.25, 0.3) is 0 Å². The number of carboxylic acids is 1. The molecule has 0 aliphatic carbocycles. The van der Waals surface area contributed by atoms with Crippen molar-refractivity contribution in [3.05, 3.63) is 30.3 Å². The molecule has 8 heteroatoms. The lowest BCUT2D eigenvalue weighted by Gasteiger charge is -2.27. The molecule has 2 atom stereocenters. The Balaban J connectivity index is 1.95. The van der Waals surface area contributed by atoms with Crippen LogP contribution in [0.25, 0.3) is 0 Å². The van der Waals surface area contributed by atoms with Crippen LogP contribution < -0.4 is 21.7 Å². The molecule has 2 rings (SSSR count). The number of carbonyl (C=O) groups excluding carboxylic acids is 1. The predicted octanol–water partition coefficient (Wildman–Crippen LogP) is 0.278. The number of nitrogens with zero attached hydrogens (tertiary/aromatic N) is 2. The number of anilines is 1. The van der Waals surface area contributed by atoms with E-state index in [-0.39, 0.29) is 24.3 Å². The van der Waals surface area contributed by atoms with Crippen molar-refractivity contribution < 1.29 is 14.7 Å². The van der Waals surface area contributed by atoms with E-state index in [0.717, 1.165) is 18.7 Å². The van der Waals surface area contributed by atoms with Gasteiger partial charge in [-0.05, 0) is 37.8 Å². The average Bonchev–Trinajstić information content (AvgIpc) is 3.07. The molecule has 0 bridgehead atoms. The van der Waals surface area contributed by atoms with Gasteiger partial charge in [0, 0.05) is 18.8 Å². The van der Waals surface area contributed by atoms with Crippen molar-refractivity contribution in [1.82, 2.24) is 5.32 Å². The lowest BCUT2D eigenvalue weighted by Crippen LogP contribution is -2.49. The van der Waals surface area contributed by atoms with E-state index < -0.39 is 12.0 Å². The normalized spacial score (nSPS) is 17.8. The molecule has 25 heavy (non-hydrogen) atoms. The van der Waals surface area contributed by atoms with Gasteiger partial charge in [-0.15, -0.1) is 0 Å². The standard InChI is InChI=1S/C17H25N5O3/c18-17(19)20-10-4-8-13(16(24)25)21-15(23)14-9-5-11-22(14)12-6-2-1-3-7-12/h1-3,6-7,13-14H,4-5,8-11H2,(H,21,23)(H,24,25)(H4,18,19,20)/t13-,14-/m0/s1. The van der Waals surface area contributed by atoms with E-state index in [2.05, 4.69) is 10.3 Å². The molecule has 1 heterocycles. The largest absolute Gasteiger partial charge is 0.480 e. The minimum Gasteiger partial charge on any atom is -0.480 e. The SMILES string of the molecule is NC(N)=NCCC[C@H](NC(=O)[C@@H]1CCCN1c1ccccc1)C(=O)O. The van der Waals surface area contributed by atoms with Crippen LogP contribution in [0.4, 0.5) is 5.69 Å². The van der Waals surface area contributed by atoms with Crippen LogP contribution in [0.5, 0.6) is 0 Å². The molecule has 0 spiro atoms. The zero-order valence-electron chi connectivity index (χ0n) is 14.1. The summed E-state index contributed by atoms with van der Waals surface area (Å²) in [5, 5.41) is 12.0. The minimum absolute atomic E-state index is 0.0274. The summed E-state index contributed by atoms with van der Waals surface area (Å²) < 4.78 is 0. The highest BCUT2D eigenvalue weighted by Crippen LogP contribution is 2.25. The average molecular weight is 347 g/mol. The van der Waals surface area contributed by atoms with Crippen LogP contribution in [-0.4, -0.2) is 48.1 Å².